The van der Waals surface area contributed by atoms with E-state index >= 15 is 0 Å². The first-order valence-corrected chi connectivity index (χ1v) is 7.23. The highest BCUT2D eigenvalue weighted by Gasteiger charge is 2.31. The van der Waals surface area contributed by atoms with Crippen LogP contribution in [-0.4, -0.2) is 27.2 Å². The third kappa shape index (κ3) is 2.64. The highest BCUT2D eigenvalue weighted by molar-refractivity contribution is 5.75. The summed E-state index contributed by atoms with van der Waals surface area (Å²) in [5.74, 6) is 0. The summed E-state index contributed by atoms with van der Waals surface area (Å²) < 4.78 is 0. The number of aromatic nitrogens is 2. The van der Waals surface area contributed by atoms with Crippen molar-refractivity contribution < 1.29 is 5.11 Å². The van der Waals surface area contributed by atoms with Crippen LogP contribution in [0.5, 0.6) is 0 Å². The topological polar surface area (TPSA) is 80.9 Å². The van der Waals surface area contributed by atoms with E-state index in [9.17, 15) is 9.90 Å². The van der Waals surface area contributed by atoms with E-state index in [1.165, 1.54) is 0 Å². The van der Waals surface area contributed by atoms with Crippen molar-refractivity contribution in [3.63, 3.8) is 0 Å². The smallest absolute Gasteiger partial charge is 0.323 e. The molecule has 3 rings (SSSR count). The van der Waals surface area contributed by atoms with Crippen LogP contribution in [0.3, 0.4) is 0 Å². The van der Waals surface area contributed by atoms with Gasteiger partial charge in [0.15, 0.2) is 0 Å². The van der Waals surface area contributed by atoms with Gasteiger partial charge >= 0.3 is 5.69 Å². The van der Waals surface area contributed by atoms with Crippen LogP contribution in [0.25, 0.3) is 11.0 Å². The molecule has 5 heteroatoms. The molecule has 1 fully saturated rings. The second kappa shape index (κ2) is 5.07. The highest BCUT2D eigenvalue weighted by Crippen LogP contribution is 2.29. The van der Waals surface area contributed by atoms with Crippen LogP contribution < -0.4 is 11.0 Å². The van der Waals surface area contributed by atoms with Crippen LogP contribution in [-0.2, 0) is 0 Å². The SMILES string of the molecule is CC(NCC1(O)CCCC1)c1ccc2[nH]c(=O)[nH]c2c1. The molecule has 1 aromatic heterocycles. The predicted octanol–water partition coefficient (Wildman–Crippen LogP) is 1.81. The van der Waals surface area contributed by atoms with E-state index in [0.717, 1.165) is 42.3 Å². The summed E-state index contributed by atoms with van der Waals surface area (Å²) in [5.41, 5.74) is 2.02. The number of rotatable bonds is 4. The van der Waals surface area contributed by atoms with Crippen molar-refractivity contribution in [2.45, 2.75) is 44.2 Å². The van der Waals surface area contributed by atoms with Crippen LogP contribution >= 0.6 is 0 Å². The second-order valence-electron chi connectivity index (χ2n) is 5.92. The number of aromatic amines is 2. The van der Waals surface area contributed by atoms with E-state index in [1.807, 2.05) is 18.2 Å². The molecule has 1 aromatic carbocycles. The fraction of sp³-hybridized carbons (Fsp3) is 0.533. The number of fused-ring (bicyclic) bond motifs is 1. The lowest BCUT2D eigenvalue weighted by Crippen LogP contribution is -2.39. The van der Waals surface area contributed by atoms with Crippen LogP contribution in [0.2, 0.25) is 0 Å². The fourth-order valence-corrected chi connectivity index (χ4v) is 2.99. The zero-order chi connectivity index (χ0) is 14.2. The molecule has 108 valence electrons. The molecular formula is C15H21N3O2. The summed E-state index contributed by atoms with van der Waals surface area (Å²) >= 11 is 0. The molecule has 2 aromatic rings. The molecule has 1 atom stereocenters. The third-order valence-corrected chi connectivity index (χ3v) is 4.31. The molecule has 0 saturated heterocycles. The lowest BCUT2D eigenvalue weighted by Gasteiger charge is -2.25. The van der Waals surface area contributed by atoms with E-state index in [-0.39, 0.29) is 11.7 Å². The van der Waals surface area contributed by atoms with E-state index in [0.29, 0.717) is 6.54 Å². The summed E-state index contributed by atoms with van der Waals surface area (Å²) in [6, 6.07) is 6.03. The van der Waals surface area contributed by atoms with Crippen LogP contribution in [0.1, 0.15) is 44.2 Å². The Balaban J connectivity index is 1.71. The van der Waals surface area contributed by atoms with Gasteiger partial charge in [0.2, 0.25) is 0 Å². The lowest BCUT2D eigenvalue weighted by molar-refractivity contribution is 0.0453. The van der Waals surface area contributed by atoms with Crippen LogP contribution in [0, 0.1) is 0 Å². The summed E-state index contributed by atoms with van der Waals surface area (Å²) in [6.07, 6.45) is 4.00. The van der Waals surface area contributed by atoms with Gasteiger partial charge in [0.05, 0.1) is 16.6 Å². The molecule has 4 N–H and O–H groups in total. The lowest BCUT2D eigenvalue weighted by atomic mass is 10.0. The third-order valence-electron chi connectivity index (χ3n) is 4.31. The molecule has 1 heterocycles. The Bertz CT molecular complexity index is 652. The van der Waals surface area contributed by atoms with Crippen molar-refractivity contribution in [2.75, 3.05) is 6.54 Å². The van der Waals surface area contributed by atoms with Crippen LogP contribution in [0.4, 0.5) is 0 Å². The first kappa shape index (κ1) is 13.4. The van der Waals surface area contributed by atoms with E-state index in [4.69, 9.17) is 0 Å². The maximum atomic E-state index is 11.3. The molecule has 0 bridgehead atoms. The number of benzene rings is 1. The summed E-state index contributed by atoms with van der Waals surface area (Å²) in [6.45, 7) is 2.69. The summed E-state index contributed by atoms with van der Waals surface area (Å²) in [7, 11) is 0. The quantitative estimate of drug-likeness (QED) is 0.687. The van der Waals surface area contributed by atoms with Crippen molar-refractivity contribution in [1.82, 2.24) is 15.3 Å². The molecule has 1 unspecified atom stereocenters. The monoisotopic (exact) mass is 275 g/mol. The standard InChI is InChI=1S/C15H21N3O2/c1-10(16-9-15(20)6-2-3-7-15)11-4-5-12-13(8-11)18-14(19)17-12/h4-5,8,10,16,20H,2-3,6-7,9H2,1H3,(H2,17,18,19). The molecule has 0 aliphatic heterocycles. The normalized spacial score (nSPS) is 19.5. The van der Waals surface area contributed by atoms with Crippen molar-refractivity contribution >= 4 is 11.0 Å². The van der Waals surface area contributed by atoms with Gasteiger partial charge in [-0.15, -0.1) is 0 Å². The zero-order valence-electron chi connectivity index (χ0n) is 11.7. The molecule has 1 aliphatic rings. The number of nitrogens with one attached hydrogen (secondary N) is 3. The Kier molecular flexibility index (Phi) is 3.40. The Labute approximate surface area is 117 Å². The van der Waals surface area contributed by atoms with Gasteiger partial charge in [0, 0.05) is 12.6 Å². The summed E-state index contributed by atoms with van der Waals surface area (Å²) in [5, 5.41) is 13.7. The minimum Gasteiger partial charge on any atom is -0.389 e. The number of aliphatic hydroxyl groups is 1. The maximum Gasteiger partial charge on any atom is 0.323 e. The van der Waals surface area contributed by atoms with E-state index < -0.39 is 5.60 Å². The van der Waals surface area contributed by atoms with Gasteiger partial charge in [-0.3, -0.25) is 0 Å². The van der Waals surface area contributed by atoms with Crippen molar-refractivity contribution in [1.29, 1.82) is 0 Å². The van der Waals surface area contributed by atoms with Gasteiger partial charge in [-0.2, -0.15) is 0 Å². The van der Waals surface area contributed by atoms with Gasteiger partial charge in [-0.25, -0.2) is 4.79 Å². The maximum absolute atomic E-state index is 11.3. The Morgan fingerprint density at radius 2 is 2.00 bits per heavy atom. The molecule has 20 heavy (non-hydrogen) atoms. The first-order chi connectivity index (χ1) is 9.56. The first-order valence-electron chi connectivity index (χ1n) is 7.23. The van der Waals surface area contributed by atoms with Gasteiger partial charge in [-0.1, -0.05) is 18.9 Å². The Hall–Kier alpha value is -1.59. The predicted molar refractivity (Wildman–Crippen MR) is 78.8 cm³/mol. The molecule has 5 nitrogen and oxygen atoms in total. The van der Waals surface area contributed by atoms with E-state index in [1.54, 1.807) is 0 Å². The van der Waals surface area contributed by atoms with Crippen molar-refractivity contribution in [3.8, 4) is 0 Å². The van der Waals surface area contributed by atoms with Gasteiger partial charge < -0.3 is 20.4 Å². The van der Waals surface area contributed by atoms with Gasteiger partial charge in [-0.05, 0) is 37.5 Å². The zero-order valence-corrected chi connectivity index (χ0v) is 11.7. The van der Waals surface area contributed by atoms with Crippen LogP contribution in [0.15, 0.2) is 23.0 Å². The van der Waals surface area contributed by atoms with Crippen molar-refractivity contribution in [3.05, 3.63) is 34.2 Å². The number of hydrogen-bond donors (Lipinski definition) is 4. The van der Waals surface area contributed by atoms with Crippen molar-refractivity contribution in [2.24, 2.45) is 0 Å². The molecule has 1 aliphatic carbocycles. The number of hydrogen-bond acceptors (Lipinski definition) is 3. The molecular weight excluding hydrogens is 254 g/mol. The minimum absolute atomic E-state index is 0.141. The average Bonchev–Trinajstić information content (AvgIpc) is 3.00. The fourth-order valence-electron chi connectivity index (χ4n) is 2.99. The average molecular weight is 275 g/mol. The number of H-pyrrole nitrogens is 2. The molecule has 1 saturated carbocycles. The molecule has 0 spiro atoms. The molecule has 0 amide bonds. The van der Waals surface area contributed by atoms with Gasteiger partial charge in [0.25, 0.3) is 0 Å². The second-order valence-corrected chi connectivity index (χ2v) is 5.92. The van der Waals surface area contributed by atoms with E-state index in [2.05, 4.69) is 22.2 Å². The number of imidazole rings is 1. The minimum atomic E-state index is -0.541. The Morgan fingerprint density at radius 3 is 2.75 bits per heavy atom. The largest absolute Gasteiger partial charge is 0.389 e. The molecule has 0 radical (unpaired) electrons. The summed E-state index contributed by atoms with van der Waals surface area (Å²) in [4.78, 5) is 16.8. The Morgan fingerprint density at radius 1 is 1.30 bits per heavy atom. The van der Waals surface area contributed by atoms with Gasteiger partial charge in [0.1, 0.15) is 0 Å². The highest BCUT2D eigenvalue weighted by atomic mass is 16.3.